The third kappa shape index (κ3) is 10.4. The Hall–Kier alpha value is -13.4. The Morgan fingerprint density at radius 2 is 0.480 bits per heavy atom. The summed E-state index contributed by atoms with van der Waals surface area (Å²) in [5, 5.41) is 4.21. The van der Waals surface area contributed by atoms with E-state index < -0.39 is 0 Å². The standard InChI is InChI=1S/C89H57N9/c1-9-26-58(27-10-1)66-44-49-77-71(54-66)72-55-67(59-28-11-2-12-29-59)45-50-78(72)97(77)81-53-48-70(88-93-84(62-34-17-5-18-35-62)91-85(94-88)63-36-19-6-20-37-63)83(82(81)89-95-86(64-38-21-7-22-39-64)92-87(96-89)65-40-23-8-24-41-65)98-79-51-46-68(60-30-13-3-14-31-60)56-73(79)74-57-69(47-52-80(74)98)76-43-25-42-75(90-76)61-32-15-4-16-33-61/h1-57H. The van der Waals surface area contributed by atoms with E-state index in [1.165, 1.54) is 0 Å². The lowest BCUT2D eigenvalue weighted by atomic mass is 10.0. The molecule has 5 heterocycles. The summed E-state index contributed by atoms with van der Waals surface area (Å²) in [6.45, 7) is 0. The van der Waals surface area contributed by atoms with E-state index in [4.69, 9.17) is 34.9 Å². The van der Waals surface area contributed by atoms with Gasteiger partial charge in [-0.1, -0.05) is 273 Å². The van der Waals surface area contributed by atoms with Crippen molar-refractivity contribution in [3.63, 3.8) is 0 Å². The summed E-state index contributed by atoms with van der Waals surface area (Å²) in [4.78, 5) is 38.7. The lowest BCUT2D eigenvalue weighted by Crippen LogP contribution is -2.10. The molecule has 13 aromatic carbocycles. The molecule has 9 heteroatoms. The SMILES string of the molecule is c1ccc(-c2ccc3c(c2)c2cc(-c4ccccc4)ccc2n3-c2ccc(-c3nc(-c4ccccc4)nc(-c4ccccc4)n3)c(-n3c4ccc(-c5ccccc5)cc4c4cc(-c5cccc(-c6ccccc6)n5)ccc43)c2-c2nc(-c3ccccc3)nc(-c3ccccc3)n2)cc1. The molecule has 18 rings (SSSR count). The predicted molar refractivity (Wildman–Crippen MR) is 399 cm³/mol. The molecule has 0 atom stereocenters. The van der Waals surface area contributed by atoms with E-state index in [1.807, 2.05) is 78.9 Å². The highest BCUT2D eigenvalue weighted by Crippen LogP contribution is 2.48. The second-order valence-corrected chi connectivity index (χ2v) is 24.4. The average Bonchev–Trinajstić information content (AvgIpc) is 1.48. The van der Waals surface area contributed by atoms with E-state index in [2.05, 4.69) is 276 Å². The van der Waals surface area contributed by atoms with Crippen LogP contribution in [-0.2, 0) is 0 Å². The number of hydrogen-bond donors (Lipinski definition) is 0. The number of fused-ring (bicyclic) bond motifs is 6. The van der Waals surface area contributed by atoms with Crippen molar-refractivity contribution < 1.29 is 0 Å². The van der Waals surface area contributed by atoms with Gasteiger partial charge in [-0.25, -0.2) is 34.9 Å². The van der Waals surface area contributed by atoms with Gasteiger partial charge in [0.2, 0.25) is 0 Å². The Morgan fingerprint density at radius 1 is 0.184 bits per heavy atom. The third-order valence-corrected chi connectivity index (χ3v) is 18.4. The summed E-state index contributed by atoms with van der Waals surface area (Å²) in [5.74, 6) is 2.98. The molecule has 0 saturated heterocycles. The molecule has 0 fully saturated rings. The van der Waals surface area contributed by atoms with E-state index in [9.17, 15) is 0 Å². The summed E-state index contributed by atoms with van der Waals surface area (Å²) in [5.41, 5.74) is 20.6. The largest absolute Gasteiger partial charge is 0.308 e. The van der Waals surface area contributed by atoms with Crippen molar-refractivity contribution in [2.24, 2.45) is 0 Å². The van der Waals surface area contributed by atoms with E-state index in [-0.39, 0.29) is 0 Å². The molecule has 458 valence electrons. The number of pyridine rings is 1. The van der Waals surface area contributed by atoms with Gasteiger partial charge in [-0.3, -0.25) is 0 Å². The molecule has 0 N–H and O–H groups in total. The smallest absolute Gasteiger partial charge is 0.168 e. The summed E-state index contributed by atoms with van der Waals surface area (Å²) in [7, 11) is 0. The number of rotatable bonds is 13. The Balaban J connectivity index is 1.02. The van der Waals surface area contributed by atoms with Gasteiger partial charge >= 0.3 is 0 Å². The lowest BCUT2D eigenvalue weighted by Gasteiger charge is -2.23. The van der Waals surface area contributed by atoms with Crippen LogP contribution in [0.15, 0.2) is 346 Å². The topological polar surface area (TPSA) is 100 Å². The van der Waals surface area contributed by atoms with Crippen LogP contribution in [-0.4, -0.2) is 44.0 Å². The summed E-state index contributed by atoms with van der Waals surface area (Å²) in [6.07, 6.45) is 0. The number of nitrogens with zero attached hydrogens (tertiary/aromatic N) is 9. The maximum atomic E-state index is 5.76. The molecular formula is C89H57N9. The molecule has 0 aliphatic rings. The highest BCUT2D eigenvalue weighted by molar-refractivity contribution is 6.15. The molecule has 0 aliphatic heterocycles. The van der Waals surface area contributed by atoms with Gasteiger partial charge in [0.25, 0.3) is 0 Å². The fourth-order valence-corrected chi connectivity index (χ4v) is 13.8. The first-order valence-corrected chi connectivity index (χ1v) is 32.9. The van der Waals surface area contributed by atoms with Crippen molar-refractivity contribution in [3.05, 3.63) is 346 Å². The number of aromatic nitrogens is 9. The molecule has 98 heavy (non-hydrogen) atoms. The van der Waals surface area contributed by atoms with Crippen LogP contribution in [0, 0.1) is 0 Å². The zero-order valence-electron chi connectivity index (χ0n) is 52.9. The molecule has 0 unspecified atom stereocenters. The maximum Gasteiger partial charge on any atom is 0.168 e. The van der Waals surface area contributed by atoms with Gasteiger partial charge in [0, 0.05) is 60.5 Å². The summed E-state index contributed by atoms with van der Waals surface area (Å²) >= 11 is 0. The van der Waals surface area contributed by atoms with Gasteiger partial charge < -0.3 is 9.13 Å². The van der Waals surface area contributed by atoms with Crippen molar-refractivity contribution in [3.8, 4) is 136 Å². The molecule has 0 amide bonds. The third-order valence-electron chi connectivity index (χ3n) is 18.4. The minimum atomic E-state index is 0.441. The minimum absolute atomic E-state index is 0.441. The molecule has 0 bridgehead atoms. The minimum Gasteiger partial charge on any atom is -0.308 e. The zero-order valence-corrected chi connectivity index (χ0v) is 52.9. The molecule has 5 aromatic heterocycles. The molecule has 9 nitrogen and oxygen atoms in total. The van der Waals surface area contributed by atoms with Crippen LogP contribution in [0.1, 0.15) is 0 Å². The van der Waals surface area contributed by atoms with Gasteiger partial charge in [-0.05, 0) is 106 Å². The van der Waals surface area contributed by atoms with Gasteiger partial charge in [-0.15, -0.1) is 0 Å². The average molecular weight is 1250 g/mol. The second-order valence-electron chi connectivity index (χ2n) is 24.4. The quantitative estimate of drug-likeness (QED) is 0.113. The fourth-order valence-electron chi connectivity index (χ4n) is 13.8. The maximum absolute atomic E-state index is 5.76. The van der Waals surface area contributed by atoms with Crippen molar-refractivity contribution in [2.45, 2.75) is 0 Å². The molecule has 0 aliphatic carbocycles. The Bertz CT molecular complexity index is 5790. The van der Waals surface area contributed by atoms with Crippen molar-refractivity contribution >= 4 is 43.6 Å². The van der Waals surface area contributed by atoms with Crippen LogP contribution in [0.25, 0.3) is 179 Å². The van der Waals surface area contributed by atoms with Gasteiger partial charge in [0.15, 0.2) is 34.9 Å². The first kappa shape index (κ1) is 57.3. The lowest BCUT2D eigenvalue weighted by molar-refractivity contribution is 1.04. The van der Waals surface area contributed by atoms with Crippen LogP contribution < -0.4 is 0 Å². The van der Waals surface area contributed by atoms with Crippen LogP contribution in [0.5, 0.6) is 0 Å². The molecule has 0 radical (unpaired) electrons. The molecule has 18 aromatic rings. The monoisotopic (exact) mass is 1250 g/mol. The van der Waals surface area contributed by atoms with Crippen LogP contribution in [0.2, 0.25) is 0 Å². The fraction of sp³-hybridized carbons (Fsp3) is 0. The Labute approximate surface area is 565 Å². The highest BCUT2D eigenvalue weighted by Gasteiger charge is 2.30. The Kier molecular flexibility index (Phi) is 14.3. The van der Waals surface area contributed by atoms with Crippen LogP contribution in [0.3, 0.4) is 0 Å². The predicted octanol–water partition coefficient (Wildman–Crippen LogP) is 22.0. The van der Waals surface area contributed by atoms with Gasteiger partial charge in [0.05, 0.1) is 50.4 Å². The molecular weight excluding hydrogens is 1200 g/mol. The summed E-state index contributed by atoms with van der Waals surface area (Å²) < 4.78 is 4.82. The zero-order chi connectivity index (χ0) is 64.9. The van der Waals surface area contributed by atoms with Crippen molar-refractivity contribution in [2.75, 3.05) is 0 Å². The Morgan fingerprint density at radius 3 is 0.857 bits per heavy atom. The number of benzene rings is 13. The van der Waals surface area contributed by atoms with Gasteiger partial charge in [0.1, 0.15) is 0 Å². The summed E-state index contributed by atoms with van der Waals surface area (Å²) in [6, 6.07) is 121. The van der Waals surface area contributed by atoms with Crippen molar-refractivity contribution in [1.82, 2.24) is 44.0 Å². The normalized spacial score (nSPS) is 11.5. The van der Waals surface area contributed by atoms with E-state index >= 15 is 0 Å². The van der Waals surface area contributed by atoms with Crippen molar-refractivity contribution in [1.29, 1.82) is 0 Å². The molecule has 0 saturated carbocycles. The first-order valence-electron chi connectivity index (χ1n) is 32.9. The van der Waals surface area contributed by atoms with Crippen LogP contribution >= 0.6 is 0 Å². The van der Waals surface area contributed by atoms with E-state index in [0.29, 0.717) is 46.1 Å². The van der Waals surface area contributed by atoms with E-state index in [0.717, 1.165) is 133 Å². The van der Waals surface area contributed by atoms with Gasteiger partial charge in [-0.2, -0.15) is 0 Å². The second kappa shape index (κ2) is 24.5. The van der Waals surface area contributed by atoms with E-state index in [1.54, 1.807) is 0 Å². The highest BCUT2D eigenvalue weighted by atomic mass is 15.1. The first-order chi connectivity index (χ1) is 48.6. The molecule has 0 spiro atoms. The van der Waals surface area contributed by atoms with Crippen LogP contribution in [0.4, 0.5) is 0 Å². The number of hydrogen-bond acceptors (Lipinski definition) is 7.